The lowest BCUT2D eigenvalue weighted by Gasteiger charge is -2.08. The van der Waals surface area contributed by atoms with E-state index in [0.717, 1.165) is 6.07 Å². The molecule has 0 bridgehead atoms. The lowest BCUT2D eigenvalue weighted by Crippen LogP contribution is -2.19. The van der Waals surface area contributed by atoms with Crippen LogP contribution >= 0.6 is 0 Å². The third kappa shape index (κ3) is 4.50. The highest BCUT2D eigenvalue weighted by Gasteiger charge is 2.31. The van der Waals surface area contributed by atoms with E-state index in [0.29, 0.717) is 6.20 Å². The molecule has 1 rings (SSSR count). The predicted molar refractivity (Wildman–Crippen MR) is 61.4 cm³/mol. The van der Waals surface area contributed by atoms with Gasteiger partial charge in [-0.1, -0.05) is 11.8 Å². The van der Waals surface area contributed by atoms with Crippen LogP contribution in [0, 0.1) is 11.8 Å². The number of nitrogens with one attached hydrogen (secondary N) is 1. The van der Waals surface area contributed by atoms with Gasteiger partial charge in [-0.25, -0.2) is 4.98 Å². The Hall–Kier alpha value is -2.23. The van der Waals surface area contributed by atoms with Crippen LogP contribution in [0.2, 0.25) is 0 Å². The zero-order chi connectivity index (χ0) is 14.5. The molecule has 4 nitrogen and oxygen atoms in total. The number of amides is 1. The number of halogens is 3. The van der Waals surface area contributed by atoms with E-state index in [1.807, 2.05) is 0 Å². The van der Waals surface area contributed by atoms with E-state index in [1.165, 1.54) is 14.0 Å². The van der Waals surface area contributed by atoms with Crippen molar-refractivity contribution >= 4 is 5.91 Å². The molecular formula is C12H11F3N2O2. The first kappa shape index (κ1) is 14.8. The van der Waals surface area contributed by atoms with E-state index in [2.05, 4.69) is 22.1 Å². The van der Waals surface area contributed by atoms with Crippen LogP contribution in [0.15, 0.2) is 12.3 Å². The van der Waals surface area contributed by atoms with Crippen molar-refractivity contribution < 1.29 is 22.7 Å². The van der Waals surface area contributed by atoms with Crippen LogP contribution in [0.4, 0.5) is 13.2 Å². The average Bonchev–Trinajstić information content (AvgIpc) is 2.33. The molecule has 1 heterocycles. The Labute approximate surface area is 108 Å². The number of aromatic nitrogens is 1. The molecule has 19 heavy (non-hydrogen) atoms. The summed E-state index contributed by atoms with van der Waals surface area (Å²) in [5.74, 6) is 4.73. The van der Waals surface area contributed by atoms with Crippen LogP contribution in [-0.4, -0.2) is 24.5 Å². The number of hydrogen-bond donors (Lipinski definition) is 1. The minimum Gasteiger partial charge on any atom is -0.480 e. The van der Waals surface area contributed by atoms with Gasteiger partial charge in [-0.3, -0.25) is 4.79 Å². The smallest absolute Gasteiger partial charge is 0.417 e. The number of rotatable bonds is 2. The van der Waals surface area contributed by atoms with Gasteiger partial charge in [-0.15, -0.1) is 0 Å². The highest BCUT2D eigenvalue weighted by Crippen LogP contribution is 2.30. The monoisotopic (exact) mass is 272 g/mol. The Bertz CT molecular complexity index is 530. The quantitative estimate of drug-likeness (QED) is 0.832. The van der Waals surface area contributed by atoms with Crippen LogP contribution in [0.25, 0.3) is 0 Å². The Morgan fingerprint density at radius 1 is 1.53 bits per heavy atom. The molecule has 0 spiro atoms. The van der Waals surface area contributed by atoms with Gasteiger partial charge in [0.1, 0.15) is 0 Å². The Morgan fingerprint density at radius 2 is 2.21 bits per heavy atom. The molecule has 0 aliphatic heterocycles. The third-order valence-electron chi connectivity index (χ3n) is 2.02. The van der Waals surface area contributed by atoms with Gasteiger partial charge < -0.3 is 10.1 Å². The van der Waals surface area contributed by atoms with E-state index < -0.39 is 11.7 Å². The van der Waals surface area contributed by atoms with Crippen molar-refractivity contribution in [1.82, 2.24) is 10.3 Å². The Balaban J connectivity index is 3.00. The molecule has 1 N–H and O–H groups in total. The second-order valence-corrected chi connectivity index (χ2v) is 3.49. The molecule has 0 radical (unpaired) electrons. The molecule has 0 unspecified atom stereocenters. The third-order valence-corrected chi connectivity index (χ3v) is 2.02. The van der Waals surface area contributed by atoms with E-state index in [4.69, 9.17) is 4.74 Å². The summed E-state index contributed by atoms with van der Waals surface area (Å²) in [5, 5.41) is 2.40. The highest BCUT2D eigenvalue weighted by molar-refractivity contribution is 5.73. The molecule has 0 fully saturated rings. The van der Waals surface area contributed by atoms with Crippen molar-refractivity contribution in [3.05, 3.63) is 23.4 Å². The van der Waals surface area contributed by atoms with Crippen molar-refractivity contribution in [3.63, 3.8) is 0 Å². The van der Waals surface area contributed by atoms with E-state index in [9.17, 15) is 18.0 Å². The lowest BCUT2D eigenvalue weighted by atomic mass is 10.2. The molecule has 1 aromatic heterocycles. The van der Waals surface area contributed by atoms with Gasteiger partial charge in [0.15, 0.2) is 0 Å². The van der Waals surface area contributed by atoms with Gasteiger partial charge in [0.2, 0.25) is 11.8 Å². The topological polar surface area (TPSA) is 51.2 Å². The minimum atomic E-state index is -4.49. The fourth-order valence-corrected chi connectivity index (χ4v) is 1.17. The fraction of sp³-hybridized carbons (Fsp3) is 0.333. The first-order chi connectivity index (χ1) is 8.84. The minimum absolute atomic E-state index is 0.00308. The number of alkyl halides is 3. The maximum Gasteiger partial charge on any atom is 0.417 e. The zero-order valence-corrected chi connectivity index (χ0v) is 10.3. The first-order valence-electron chi connectivity index (χ1n) is 5.19. The molecule has 0 atom stereocenters. The van der Waals surface area contributed by atoms with Crippen molar-refractivity contribution in [1.29, 1.82) is 0 Å². The van der Waals surface area contributed by atoms with Gasteiger partial charge in [0.05, 0.1) is 24.8 Å². The summed E-state index contributed by atoms with van der Waals surface area (Å²) in [4.78, 5) is 14.1. The number of methoxy groups -OCH3 is 1. The second kappa shape index (κ2) is 6.09. The van der Waals surface area contributed by atoms with Crippen LogP contribution in [0.3, 0.4) is 0 Å². The largest absolute Gasteiger partial charge is 0.480 e. The SMILES string of the molecule is COc1ncc(C(F)(F)F)cc1C#CCNC(C)=O. The van der Waals surface area contributed by atoms with Crippen molar-refractivity contribution in [2.45, 2.75) is 13.1 Å². The number of carbonyl (C=O) groups excluding carboxylic acids is 1. The summed E-state index contributed by atoms with van der Waals surface area (Å²) in [6.07, 6.45) is -3.81. The lowest BCUT2D eigenvalue weighted by molar-refractivity contribution is -0.137. The average molecular weight is 272 g/mol. The van der Waals surface area contributed by atoms with E-state index >= 15 is 0 Å². The molecule has 0 aromatic carbocycles. The summed E-state index contributed by atoms with van der Waals surface area (Å²) in [6.45, 7) is 1.35. The van der Waals surface area contributed by atoms with Crippen LogP contribution in [0.5, 0.6) is 5.88 Å². The number of hydrogen-bond acceptors (Lipinski definition) is 3. The molecule has 7 heteroatoms. The van der Waals surface area contributed by atoms with Crippen LogP contribution in [0.1, 0.15) is 18.1 Å². The molecule has 1 aromatic rings. The number of pyridine rings is 1. The van der Waals surface area contributed by atoms with Gasteiger partial charge in [0, 0.05) is 13.1 Å². The van der Waals surface area contributed by atoms with Gasteiger partial charge in [-0.05, 0) is 6.07 Å². The molecular weight excluding hydrogens is 261 g/mol. The number of carbonyl (C=O) groups is 1. The molecule has 0 saturated carbocycles. The molecule has 0 aliphatic carbocycles. The second-order valence-electron chi connectivity index (χ2n) is 3.49. The number of ether oxygens (including phenoxy) is 1. The van der Waals surface area contributed by atoms with Crippen LogP contribution < -0.4 is 10.1 Å². The normalized spacial score (nSPS) is 10.4. The standard InChI is InChI=1S/C12H11F3N2O2/c1-8(18)16-5-3-4-9-6-10(12(13,14)15)7-17-11(9)19-2/h6-7H,5H2,1-2H3,(H,16,18). The van der Waals surface area contributed by atoms with E-state index in [1.54, 1.807) is 0 Å². The Morgan fingerprint density at radius 3 is 2.74 bits per heavy atom. The molecule has 0 saturated heterocycles. The summed E-state index contributed by atoms with van der Waals surface area (Å²) in [6, 6.07) is 0.854. The van der Waals surface area contributed by atoms with Crippen LogP contribution in [-0.2, 0) is 11.0 Å². The fourth-order valence-electron chi connectivity index (χ4n) is 1.17. The summed E-state index contributed by atoms with van der Waals surface area (Å²) in [7, 11) is 1.29. The summed E-state index contributed by atoms with van der Waals surface area (Å²) in [5.41, 5.74) is -0.889. The zero-order valence-electron chi connectivity index (χ0n) is 10.3. The Kier molecular flexibility index (Phi) is 4.75. The molecule has 1 amide bonds. The first-order valence-corrected chi connectivity index (χ1v) is 5.19. The predicted octanol–water partition coefficient (Wildman–Crippen LogP) is 1.60. The van der Waals surface area contributed by atoms with Gasteiger partial charge >= 0.3 is 6.18 Å². The van der Waals surface area contributed by atoms with Crippen molar-refractivity contribution in [2.75, 3.05) is 13.7 Å². The highest BCUT2D eigenvalue weighted by atomic mass is 19.4. The maximum absolute atomic E-state index is 12.5. The summed E-state index contributed by atoms with van der Waals surface area (Å²) >= 11 is 0. The maximum atomic E-state index is 12.5. The molecule has 102 valence electrons. The van der Waals surface area contributed by atoms with Gasteiger partial charge in [-0.2, -0.15) is 13.2 Å². The molecule has 0 aliphatic rings. The van der Waals surface area contributed by atoms with E-state index in [-0.39, 0.29) is 23.9 Å². The number of nitrogens with zero attached hydrogens (tertiary/aromatic N) is 1. The van der Waals surface area contributed by atoms with Gasteiger partial charge in [0.25, 0.3) is 0 Å². The van der Waals surface area contributed by atoms with Crippen molar-refractivity contribution in [2.24, 2.45) is 0 Å². The summed E-state index contributed by atoms with van der Waals surface area (Å²) < 4.78 is 42.4. The van der Waals surface area contributed by atoms with Crippen molar-refractivity contribution in [3.8, 4) is 17.7 Å².